The molecule has 0 aliphatic heterocycles. The summed E-state index contributed by atoms with van der Waals surface area (Å²) in [4.78, 5) is 12.9. The van der Waals surface area contributed by atoms with Crippen LogP contribution in [0.4, 0.5) is 32.0 Å². The fourth-order valence-corrected chi connectivity index (χ4v) is 1.69. The monoisotopic (exact) mass is 356 g/mol. The number of anilines is 1. The summed E-state index contributed by atoms with van der Waals surface area (Å²) in [6.45, 7) is 0. The lowest BCUT2D eigenvalue weighted by Crippen LogP contribution is -2.28. The van der Waals surface area contributed by atoms with Gasteiger partial charge in [0.2, 0.25) is 0 Å². The Bertz CT molecular complexity index is 635. The summed E-state index contributed by atoms with van der Waals surface area (Å²) in [6.07, 6.45) is -9.18. The Hall–Kier alpha value is -2.39. The van der Waals surface area contributed by atoms with Crippen molar-refractivity contribution in [1.29, 1.82) is 0 Å². The molecule has 0 radical (unpaired) electrons. The zero-order valence-electron chi connectivity index (χ0n) is 12.8. The van der Waals surface area contributed by atoms with Gasteiger partial charge >= 0.3 is 12.4 Å². The van der Waals surface area contributed by atoms with E-state index in [1.807, 2.05) is 5.32 Å². The van der Waals surface area contributed by atoms with Crippen LogP contribution in [0, 0.1) is 0 Å². The van der Waals surface area contributed by atoms with Gasteiger partial charge in [0.25, 0.3) is 5.91 Å². The van der Waals surface area contributed by atoms with Crippen molar-refractivity contribution in [2.45, 2.75) is 12.4 Å². The zero-order valence-corrected chi connectivity index (χ0v) is 12.8. The second-order valence-corrected chi connectivity index (χ2v) is 4.87. The Morgan fingerprint density at radius 1 is 1.17 bits per heavy atom. The molecule has 10 heteroatoms. The van der Waals surface area contributed by atoms with Crippen molar-refractivity contribution in [3.63, 3.8) is 0 Å². The smallest absolute Gasteiger partial charge is 0.423 e. The molecule has 1 aromatic carbocycles. The van der Waals surface area contributed by atoms with E-state index in [1.54, 1.807) is 0 Å². The number of halogens is 6. The van der Waals surface area contributed by atoms with E-state index in [4.69, 9.17) is 4.74 Å². The summed E-state index contributed by atoms with van der Waals surface area (Å²) in [7, 11) is 3.65. The Labute approximate surface area is 133 Å². The lowest BCUT2D eigenvalue weighted by Gasteiger charge is -2.17. The molecule has 134 valence electrons. The second kappa shape index (κ2) is 7.02. The van der Waals surface area contributed by atoms with Crippen LogP contribution in [0.5, 0.6) is 5.75 Å². The third-order valence-corrected chi connectivity index (χ3v) is 2.71. The van der Waals surface area contributed by atoms with E-state index in [0.29, 0.717) is 18.3 Å². The molecular formula is C14H14F6N2O2. The molecular weight excluding hydrogens is 342 g/mol. The largest absolute Gasteiger partial charge is 0.495 e. The fourth-order valence-electron chi connectivity index (χ4n) is 1.69. The number of nitrogens with one attached hydrogen (secondary N) is 1. The summed E-state index contributed by atoms with van der Waals surface area (Å²) in [5, 5.41) is 1.81. The Balaban J connectivity index is 3.25. The first-order chi connectivity index (χ1) is 10.9. The van der Waals surface area contributed by atoms with Crippen molar-refractivity contribution < 1.29 is 35.9 Å². The molecule has 0 saturated carbocycles. The summed E-state index contributed by atoms with van der Waals surface area (Å²) >= 11 is 0. The lowest BCUT2D eigenvalue weighted by atomic mass is 10.1. The van der Waals surface area contributed by atoms with E-state index in [2.05, 4.69) is 0 Å². The molecule has 0 heterocycles. The van der Waals surface area contributed by atoms with Crippen molar-refractivity contribution in [3.8, 4) is 5.75 Å². The van der Waals surface area contributed by atoms with Crippen LogP contribution >= 0.6 is 0 Å². The Kier molecular flexibility index (Phi) is 5.75. The van der Waals surface area contributed by atoms with Gasteiger partial charge in [0.1, 0.15) is 11.3 Å². The number of carbonyl (C=O) groups excluding carboxylic acids is 1. The number of carbonyl (C=O) groups is 1. The van der Waals surface area contributed by atoms with Crippen LogP contribution in [0.1, 0.15) is 5.56 Å². The topological polar surface area (TPSA) is 41.6 Å². The summed E-state index contributed by atoms with van der Waals surface area (Å²) in [6, 6.07) is 2.09. The summed E-state index contributed by atoms with van der Waals surface area (Å²) in [5.74, 6) is -1.81. The van der Waals surface area contributed by atoms with Gasteiger partial charge in [0, 0.05) is 20.3 Å². The molecule has 0 saturated heterocycles. The molecule has 0 aliphatic rings. The number of amides is 1. The summed E-state index contributed by atoms with van der Waals surface area (Å²) in [5.41, 5.74) is -3.22. The average molecular weight is 356 g/mol. The SMILES string of the molecule is COc1ccc(C(F)(F)F)cc1NC(=O)C(=CN(C)C)C(F)(F)F. The Morgan fingerprint density at radius 3 is 2.17 bits per heavy atom. The molecule has 0 aromatic heterocycles. The number of benzene rings is 1. The van der Waals surface area contributed by atoms with Crippen LogP contribution < -0.4 is 10.1 Å². The number of hydrogen-bond acceptors (Lipinski definition) is 3. The minimum atomic E-state index is -4.98. The van der Waals surface area contributed by atoms with Crippen molar-refractivity contribution in [1.82, 2.24) is 4.90 Å². The number of rotatable bonds is 4. The predicted octanol–water partition coefficient (Wildman–Crippen LogP) is 3.66. The van der Waals surface area contributed by atoms with Crippen LogP contribution in [-0.4, -0.2) is 38.2 Å². The van der Waals surface area contributed by atoms with Crippen LogP contribution in [0.3, 0.4) is 0 Å². The first-order valence-electron chi connectivity index (χ1n) is 6.38. The summed E-state index contributed by atoms with van der Waals surface area (Å²) < 4.78 is 81.6. The van der Waals surface area contributed by atoms with E-state index in [9.17, 15) is 31.1 Å². The molecule has 0 unspecified atom stereocenters. The molecule has 1 aromatic rings. The number of alkyl halides is 6. The van der Waals surface area contributed by atoms with Gasteiger partial charge in [-0.1, -0.05) is 0 Å². The van der Waals surface area contributed by atoms with Crippen molar-refractivity contribution in [3.05, 3.63) is 35.5 Å². The van der Waals surface area contributed by atoms with Gasteiger partial charge in [-0.05, 0) is 18.2 Å². The van der Waals surface area contributed by atoms with Crippen molar-refractivity contribution >= 4 is 11.6 Å². The van der Waals surface area contributed by atoms with E-state index >= 15 is 0 Å². The van der Waals surface area contributed by atoms with E-state index in [0.717, 1.165) is 18.1 Å². The molecule has 1 rings (SSSR count). The number of ether oxygens (including phenoxy) is 1. The molecule has 1 amide bonds. The maximum absolute atomic E-state index is 12.9. The third-order valence-electron chi connectivity index (χ3n) is 2.71. The minimum Gasteiger partial charge on any atom is -0.495 e. The average Bonchev–Trinajstić information content (AvgIpc) is 2.42. The van der Waals surface area contributed by atoms with Gasteiger partial charge in [-0.25, -0.2) is 0 Å². The van der Waals surface area contributed by atoms with Gasteiger partial charge in [0.15, 0.2) is 0 Å². The van der Waals surface area contributed by atoms with E-state index in [1.165, 1.54) is 14.1 Å². The molecule has 0 atom stereocenters. The maximum Gasteiger partial charge on any atom is 0.423 e. The van der Waals surface area contributed by atoms with Gasteiger partial charge in [-0.2, -0.15) is 26.3 Å². The van der Waals surface area contributed by atoms with Crippen LogP contribution in [-0.2, 0) is 11.0 Å². The highest BCUT2D eigenvalue weighted by atomic mass is 19.4. The molecule has 1 N–H and O–H groups in total. The molecule has 0 bridgehead atoms. The van der Waals surface area contributed by atoms with Crippen molar-refractivity contribution in [2.24, 2.45) is 0 Å². The van der Waals surface area contributed by atoms with Crippen LogP contribution in [0.2, 0.25) is 0 Å². The van der Waals surface area contributed by atoms with Gasteiger partial charge in [-0.15, -0.1) is 0 Å². The highest BCUT2D eigenvalue weighted by Crippen LogP contribution is 2.35. The standard InChI is InChI=1S/C14H14F6N2O2/c1-22(2)7-9(14(18,19)20)12(23)21-10-6-8(13(15,16)17)4-5-11(10)24-3/h4-7H,1-3H3,(H,21,23). The fraction of sp³-hybridized carbons (Fsp3) is 0.357. The zero-order chi connectivity index (χ0) is 18.7. The van der Waals surface area contributed by atoms with E-state index in [-0.39, 0.29) is 5.75 Å². The molecule has 0 spiro atoms. The highest BCUT2D eigenvalue weighted by molar-refractivity contribution is 6.05. The normalized spacial score (nSPS) is 12.8. The molecule has 24 heavy (non-hydrogen) atoms. The van der Waals surface area contributed by atoms with Gasteiger partial charge in [0.05, 0.1) is 18.4 Å². The minimum absolute atomic E-state index is 0.206. The number of methoxy groups -OCH3 is 1. The van der Waals surface area contributed by atoms with Crippen LogP contribution in [0.25, 0.3) is 0 Å². The Morgan fingerprint density at radius 2 is 1.75 bits per heavy atom. The van der Waals surface area contributed by atoms with Crippen molar-refractivity contribution in [2.75, 3.05) is 26.5 Å². The highest BCUT2D eigenvalue weighted by Gasteiger charge is 2.39. The molecule has 0 aliphatic carbocycles. The lowest BCUT2D eigenvalue weighted by molar-refractivity contribution is -0.137. The maximum atomic E-state index is 12.9. The number of hydrogen-bond donors (Lipinski definition) is 1. The molecule has 0 fully saturated rings. The predicted molar refractivity (Wildman–Crippen MR) is 74.5 cm³/mol. The second-order valence-electron chi connectivity index (χ2n) is 4.87. The van der Waals surface area contributed by atoms with E-state index < -0.39 is 35.1 Å². The first kappa shape index (κ1) is 19.7. The van der Waals surface area contributed by atoms with Crippen LogP contribution in [0.15, 0.2) is 30.0 Å². The quantitative estimate of drug-likeness (QED) is 0.661. The van der Waals surface area contributed by atoms with Gasteiger partial charge < -0.3 is 15.0 Å². The third kappa shape index (κ3) is 5.07. The molecule has 4 nitrogen and oxygen atoms in total. The number of nitrogens with zero attached hydrogens (tertiary/aromatic N) is 1. The first-order valence-corrected chi connectivity index (χ1v) is 6.38. The van der Waals surface area contributed by atoms with Gasteiger partial charge in [-0.3, -0.25) is 4.79 Å².